The van der Waals surface area contributed by atoms with Gasteiger partial charge in [0, 0.05) is 22.6 Å². The van der Waals surface area contributed by atoms with Crippen LogP contribution in [0.3, 0.4) is 0 Å². The van der Waals surface area contributed by atoms with Gasteiger partial charge >= 0.3 is 0 Å². The van der Waals surface area contributed by atoms with Crippen molar-refractivity contribution >= 4 is 32.9 Å². The summed E-state index contributed by atoms with van der Waals surface area (Å²) in [4.78, 5) is 2.14. The summed E-state index contributed by atoms with van der Waals surface area (Å²) in [5.41, 5.74) is 5.51. The molecule has 0 aliphatic rings. The summed E-state index contributed by atoms with van der Waals surface area (Å²) in [7, 11) is 0. The van der Waals surface area contributed by atoms with Gasteiger partial charge in [0.25, 0.3) is 0 Å². The Balaban J connectivity index is 1.74. The van der Waals surface area contributed by atoms with Crippen molar-refractivity contribution in [2.75, 3.05) is 4.90 Å². The molecule has 0 bridgehead atoms. The van der Waals surface area contributed by atoms with Crippen LogP contribution in [0.2, 0.25) is 0 Å². The van der Waals surface area contributed by atoms with Gasteiger partial charge in [-0.2, -0.15) is 5.26 Å². The first kappa shape index (κ1) is 22.9. The first-order chi connectivity index (χ1) is 17.7. The van der Waals surface area contributed by atoms with Crippen molar-refractivity contribution < 1.29 is 0 Å². The Morgan fingerprint density at radius 1 is 0.750 bits per heavy atom. The van der Waals surface area contributed by atoms with Crippen molar-refractivity contribution in [3.8, 4) is 17.2 Å². The number of fused-ring (bicyclic) bond motifs is 3. The van der Waals surface area contributed by atoms with Crippen LogP contribution >= 0.6 is 0 Å². The Bertz CT molecular complexity index is 1670. The molecule has 5 aromatic rings. The van der Waals surface area contributed by atoms with Crippen LogP contribution in [0.1, 0.15) is 12.5 Å². The number of hydrogen-bond donors (Lipinski definition) is 0. The van der Waals surface area contributed by atoms with Gasteiger partial charge < -0.3 is 4.90 Å². The van der Waals surface area contributed by atoms with Gasteiger partial charge in [-0.15, -0.1) is 0 Å². The van der Waals surface area contributed by atoms with Crippen LogP contribution in [-0.4, -0.2) is 0 Å². The summed E-state index contributed by atoms with van der Waals surface area (Å²) < 4.78 is 0. The number of nitriles is 1. The van der Waals surface area contributed by atoms with Crippen LogP contribution < -0.4 is 4.90 Å². The summed E-state index contributed by atoms with van der Waals surface area (Å²) in [6.45, 7) is 5.90. The number of benzene rings is 5. The quantitative estimate of drug-likeness (QED) is 0.186. The van der Waals surface area contributed by atoms with Crippen LogP contribution in [0.5, 0.6) is 0 Å². The highest BCUT2D eigenvalue weighted by molar-refractivity contribution is 6.14. The van der Waals surface area contributed by atoms with Gasteiger partial charge in [-0.3, -0.25) is 0 Å². The molecule has 5 rings (SSSR count). The number of rotatable bonds is 6. The molecule has 0 atom stereocenters. The van der Waals surface area contributed by atoms with E-state index >= 15 is 0 Å². The Morgan fingerprint density at radius 3 is 2.17 bits per heavy atom. The minimum atomic E-state index is 0.632. The van der Waals surface area contributed by atoms with E-state index in [-0.39, 0.29) is 0 Å². The van der Waals surface area contributed by atoms with Crippen molar-refractivity contribution in [3.05, 3.63) is 145 Å². The zero-order valence-electron chi connectivity index (χ0n) is 20.2. The van der Waals surface area contributed by atoms with Crippen LogP contribution in [-0.2, 0) is 0 Å². The summed E-state index contributed by atoms with van der Waals surface area (Å²) in [6, 6.07) is 37.8. The monoisotopic (exact) mass is 462 g/mol. The lowest BCUT2D eigenvalue weighted by Gasteiger charge is -2.27. The predicted molar refractivity (Wildman–Crippen MR) is 153 cm³/mol. The van der Waals surface area contributed by atoms with E-state index in [1.807, 2.05) is 49.4 Å². The van der Waals surface area contributed by atoms with Crippen LogP contribution in [0.25, 0.3) is 32.7 Å². The Morgan fingerprint density at radius 2 is 1.44 bits per heavy atom. The van der Waals surface area contributed by atoms with E-state index in [4.69, 9.17) is 0 Å². The Kier molecular flexibility index (Phi) is 6.47. The molecule has 0 saturated carbocycles. The maximum absolute atomic E-state index is 10.3. The third-order valence-corrected chi connectivity index (χ3v) is 6.34. The van der Waals surface area contributed by atoms with Crippen molar-refractivity contribution in [1.82, 2.24) is 0 Å². The molecule has 0 amide bonds. The molecule has 0 aliphatic carbocycles. The summed E-state index contributed by atoms with van der Waals surface area (Å²) in [5, 5.41) is 15.0. The molecule has 5 aromatic carbocycles. The van der Waals surface area contributed by atoms with Crippen molar-refractivity contribution in [3.63, 3.8) is 0 Å². The molecule has 0 radical (unpaired) electrons. The zero-order valence-corrected chi connectivity index (χ0v) is 20.2. The lowest BCUT2D eigenvalue weighted by molar-refractivity contribution is 1.20. The molecule has 0 saturated heterocycles. The minimum absolute atomic E-state index is 0.632. The molecular weight excluding hydrogens is 436 g/mol. The highest BCUT2D eigenvalue weighted by Crippen LogP contribution is 2.39. The molecule has 2 nitrogen and oxygen atoms in total. The Labute approximate surface area is 212 Å². The third-order valence-electron chi connectivity index (χ3n) is 6.34. The average molecular weight is 463 g/mol. The normalized spacial score (nSPS) is 11.6. The molecule has 0 aliphatic heterocycles. The van der Waals surface area contributed by atoms with Gasteiger partial charge in [0.05, 0.1) is 11.6 Å². The fourth-order valence-corrected chi connectivity index (χ4v) is 4.80. The summed E-state index contributed by atoms with van der Waals surface area (Å²) >= 11 is 0. The minimum Gasteiger partial charge on any atom is -0.310 e. The molecule has 172 valence electrons. The molecule has 0 spiro atoms. The first-order valence-electron chi connectivity index (χ1n) is 12.0. The van der Waals surface area contributed by atoms with Gasteiger partial charge in [0.1, 0.15) is 0 Å². The van der Waals surface area contributed by atoms with Gasteiger partial charge in [0.2, 0.25) is 0 Å². The number of anilines is 2. The average Bonchev–Trinajstić information content (AvgIpc) is 2.93. The smallest absolute Gasteiger partial charge is 0.0998 e. The molecule has 0 N–H and O–H groups in total. The van der Waals surface area contributed by atoms with Crippen molar-refractivity contribution in [2.45, 2.75) is 6.92 Å². The van der Waals surface area contributed by atoms with E-state index in [2.05, 4.69) is 96.4 Å². The topological polar surface area (TPSA) is 27.0 Å². The van der Waals surface area contributed by atoms with Crippen molar-refractivity contribution in [1.29, 1.82) is 5.26 Å². The van der Waals surface area contributed by atoms with E-state index in [1.54, 1.807) is 6.08 Å². The molecule has 0 fully saturated rings. The highest BCUT2D eigenvalue weighted by Gasteiger charge is 2.17. The van der Waals surface area contributed by atoms with E-state index < -0.39 is 0 Å². The molecule has 0 unspecified atom stereocenters. The first-order valence-corrected chi connectivity index (χ1v) is 12.0. The van der Waals surface area contributed by atoms with E-state index in [0.717, 1.165) is 39.0 Å². The maximum Gasteiger partial charge on any atom is 0.0998 e. The summed E-state index contributed by atoms with van der Waals surface area (Å²) in [5.74, 6) is 0. The molecular formula is C34H26N2. The van der Waals surface area contributed by atoms with Crippen molar-refractivity contribution in [2.24, 2.45) is 0 Å². The van der Waals surface area contributed by atoms with Gasteiger partial charge in [-0.25, -0.2) is 0 Å². The zero-order chi connectivity index (χ0) is 24.9. The fourth-order valence-electron chi connectivity index (χ4n) is 4.80. The highest BCUT2D eigenvalue weighted by atomic mass is 15.1. The summed E-state index contributed by atoms with van der Waals surface area (Å²) in [6.07, 6.45) is 7.81. The van der Waals surface area contributed by atoms with E-state index in [9.17, 15) is 5.26 Å². The van der Waals surface area contributed by atoms with Crippen LogP contribution in [0.4, 0.5) is 11.4 Å². The second-order valence-electron chi connectivity index (χ2n) is 8.53. The fraction of sp³-hybridized carbons (Fsp3) is 0.0294. The number of para-hydroxylation sites is 1. The number of hydrogen-bond acceptors (Lipinski definition) is 2. The van der Waals surface area contributed by atoms with Crippen LogP contribution in [0, 0.1) is 11.3 Å². The number of nitrogens with zero attached hydrogens (tertiary/aromatic N) is 2. The standard InChI is InChI=1S/C34H26N2/c1-3-12-27(13-4-2)36(28-15-6-5-7-16-28)29-20-21-31(26(22-29)24-35)34-23-25-14-8-9-17-30(25)32-18-10-11-19-33(32)34/h3-23H,1H2,2H3/b13-4-,27-12+. The van der Waals surface area contributed by atoms with E-state index in [1.165, 1.54) is 10.8 Å². The lowest BCUT2D eigenvalue weighted by Crippen LogP contribution is -2.15. The lowest BCUT2D eigenvalue weighted by atomic mass is 9.91. The Hall–Kier alpha value is -4.87. The maximum atomic E-state index is 10.3. The number of allylic oxidation sites excluding steroid dienone is 4. The van der Waals surface area contributed by atoms with Gasteiger partial charge in [-0.1, -0.05) is 91.5 Å². The molecule has 0 heterocycles. The van der Waals surface area contributed by atoms with E-state index in [0.29, 0.717) is 5.56 Å². The SMILES string of the molecule is C=C/C=C(\C=C/C)N(c1ccccc1)c1ccc(-c2cc3ccccc3c3ccccc23)c(C#N)c1. The van der Waals surface area contributed by atoms with Gasteiger partial charge in [-0.05, 0) is 76.5 Å². The molecule has 0 aromatic heterocycles. The molecule has 36 heavy (non-hydrogen) atoms. The second kappa shape index (κ2) is 10.2. The molecule has 2 heteroatoms. The predicted octanol–water partition coefficient (Wildman–Crippen LogP) is 9.32. The second-order valence-corrected chi connectivity index (χ2v) is 8.53. The largest absolute Gasteiger partial charge is 0.310 e. The van der Waals surface area contributed by atoms with Crippen LogP contribution in [0.15, 0.2) is 140 Å². The van der Waals surface area contributed by atoms with Gasteiger partial charge in [0.15, 0.2) is 0 Å². The third kappa shape index (κ3) is 4.19.